The Hall–Kier alpha value is -4.68. The van der Waals surface area contributed by atoms with Gasteiger partial charge in [0.1, 0.15) is 11.8 Å². The maximum absolute atomic E-state index is 11.8. The van der Waals surface area contributed by atoms with Gasteiger partial charge in [-0.25, -0.2) is 0 Å². The summed E-state index contributed by atoms with van der Waals surface area (Å²) in [6.07, 6.45) is 4.80. The average molecular weight is 483 g/mol. The molecule has 0 radical (unpaired) electrons. The minimum Gasteiger partial charge on any atom is -0.373 e. The Kier molecular flexibility index (Phi) is 5.87. The van der Waals surface area contributed by atoms with Crippen LogP contribution in [0.15, 0.2) is 78.0 Å². The van der Waals surface area contributed by atoms with E-state index in [0.29, 0.717) is 44.2 Å². The summed E-state index contributed by atoms with van der Waals surface area (Å²) in [6, 6.07) is 18.5. The summed E-state index contributed by atoms with van der Waals surface area (Å²) in [7, 11) is 1.66. The van der Waals surface area contributed by atoms with E-state index in [4.69, 9.17) is 11.6 Å². The highest BCUT2D eigenvalue weighted by Crippen LogP contribution is 2.36. The SMILES string of the molecule is Cn1cc(Nc2c(C#N)cnc3c(Cl)cc(N[C@@H](c4ccccc4)c4cn[nH]n4)cc23)ccc1=O. The summed E-state index contributed by atoms with van der Waals surface area (Å²) >= 11 is 6.64. The standard InChI is InChI=1S/C25H19ClN8O/c1-34-14-17(7-8-22(34)35)30-23-16(11-27)12-28-25-19(23)9-18(10-20(25)26)31-24(21-13-29-33-32-21)15-5-3-2-4-6-15/h2-10,12-14,24,31H,1H3,(H,28,30)(H,29,32,33)/t24-/m0/s1. The second-order valence-electron chi connectivity index (χ2n) is 7.89. The van der Waals surface area contributed by atoms with Gasteiger partial charge >= 0.3 is 0 Å². The smallest absolute Gasteiger partial charge is 0.250 e. The highest BCUT2D eigenvalue weighted by molar-refractivity contribution is 6.36. The Bertz CT molecular complexity index is 1610. The fourth-order valence-electron chi connectivity index (χ4n) is 3.86. The third kappa shape index (κ3) is 4.43. The van der Waals surface area contributed by atoms with Crippen LogP contribution in [0.25, 0.3) is 10.9 Å². The van der Waals surface area contributed by atoms with E-state index in [-0.39, 0.29) is 11.6 Å². The molecule has 3 heterocycles. The van der Waals surface area contributed by atoms with E-state index in [2.05, 4.69) is 37.1 Å². The Morgan fingerprint density at radius 1 is 1.11 bits per heavy atom. The van der Waals surface area contributed by atoms with E-state index >= 15 is 0 Å². The Balaban J connectivity index is 1.62. The topological polar surface area (TPSA) is 124 Å². The molecular weight excluding hydrogens is 464 g/mol. The van der Waals surface area contributed by atoms with Crippen molar-refractivity contribution in [3.8, 4) is 6.07 Å². The lowest BCUT2D eigenvalue weighted by Crippen LogP contribution is -2.14. The number of pyridine rings is 2. The number of nitrogens with one attached hydrogen (secondary N) is 3. The van der Waals surface area contributed by atoms with Gasteiger partial charge in [0.15, 0.2) is 0 Å². The molecule has 0 aliphatic rings. The number of aryl methyl sites for hydroxylation is 1. The molecule has 3 N–H and O–H groups in total. The first-order valence-corrected chi connectivity index (χ1v) is 11.0. The van der Waals surface area contributed by atoms with Gasteiger partial charge in [-0.1, -0.05) is 41.9 Å². The molecule has 10 heteroatoms. The number of anilines is 3. The normalized spacial score (nSPS) is 11.7. The van der Waals surface area contributed by atoms with E-state index in [1.54, 1.807) is 31.6 Å². The number of nitrogens with zero attached hydrogens (tertiary/aromatic N) is 5. The summed E-state index contributed by atoms with van der Waals surface area (Å²) in [5, 5.41) is 28.5. The summed E-state index contributed by atoms with van der Waals surface area (Å²) < 4.78 is 1.46. The molecule has 0 amide bonds. The lowest BCUT2D eigenvalue weighted by atomic mass is 10.0. The fraction of sp³-hybridized carbons (Fsp3) is 0.0800. The number of hydrogen-bond acceptors (Lipinski definition) is 7. The Morgan fingerprint density at radius 2 is 1.94 bits per heavy atom. The van der Waals surface area contributed by atoms with Gasteiger partial charge < -0.3 is 15.2 Å². The molecule has 2 aromatic carbocycles. The first kappa shape index (κ1) is 22.1. The molecule has 0 spiro atoms. The molecule has 3 aromatic heterocycles. The van der Waals surface area contributed by atoms with Crippen LogP contribution < -0.4 is 16.2 Å². The van der Waals surface area contributed by atoms with Crippen LogP contribution in [0.4, 0.5) is 17.1 Å². The summed E-state index contributed by atoms with van der Waals surface area (Å²) in [5.41, 5.74) is 4.35. The van der Waals surface area contributed by atoms with Crippen LogP contribution in [0.3, 0.4) is 0 Å². The van der Waals surface area contributed by atoms with Gasteiger partial charge in [0.2, 0.25) is 5.56 Å². The molecule has 0 aliphatic carbocycles. The van der Waals surface area contributed by atoms with Crippen LogP contribution in [-0.4, -0.2) is 25.0 Å². The fourth-order valence-corrected chi connectivity index (χ4v) is 4.13. The predicted molar refractivity (Wildman–Crippen MR) is 135 cm³/mol. The van der Waals surface area contributed by atoms with Gasteiger partial charge in [0.25, 0.3) is 0 Å². The molecule has 0 fully saturated rings. The average Bonchev–Trinajstić information content (AvgIpc) is 3.40. The molecule has 0 saturated heterocycles. The van der Waals surface area contributed by atoms with Gasteiger partial charge in [0, 0.05) is 36.6 Å². The minimum atomic E-state index is -0.296. The zero-order valence-corrected chi connectivity index (χ0v) is 19.3. The number of H-pyrrole nitrogens is 1. The number of halogens is 1. The molecule has 172 valence electrons. The summed E-state index contributed by atoms with van der Waals surface area (Å²) in [4.78, 5) is 16.2. The number of nitriles is 1. The van der Waals surface area contributed by atoms with Gasteiger partial charge in [0.05, 0.1) is 39.7 Å². The van der Waals surface area contributed by atoms with Crippen molar-refractivity contribution in [3.63, 3.8) is 0 Å². The zero-order chi connectivity index (χ0) is 24.4. The van der Waals surface area contributed by atoms with Gasteiger partial charge in [-0.2, -0.15) is 20.7 Å². The van der Waals surface area contributed by atoms with Crippen LogP contribution in [0.5, 0.6) is 0 Å². The molecule has 0 bridgehead atoms. The van der Waals surface area contributed by atoms with E-state index < -0.39 is 0 Å². The second kappa shape index (κ2) is 9.29. The quantitative estimate of drug-likeness (QED) is 0.325. The highest BCUT2D eigenvalue weighted by Gasteiger charge is 2.19. The summed E-state index contributed by atoms with van der Waals surface area (Å²) in [5.74, 6) is 0. The molecule has 0 aliphatic heterocycles. The monoisotopic (exact) mass is 482 g/mol. The van der Waals surface area contributed by atoms with Crippen LogP contribution in [0, 0.1) is 11.3 Å². The second-order valence-corrected chi connectivity index (χ2v) is 8.29. The van der Waals surface area contributed by atoms with Crippen molar-refractivity contribution in [3.05, 3.63) is 105 Å². The Labute approximate surface area is 205 Å². The maximum Gasteiger partial charge on any atom is 0.250 e. The first-order valence-electron chi connectivity index (χ1n) is 10.7. The van der Waals surface area contributed by atoms with Crippen LogP contribution in [0.1, 0.15) is 22.9 Å². The van der Waals surface area contributed by atoms with Crippen LogP contribution >= 0.6 is 11.6 Å². The minimum absolute atomic E-state index is 0.134. The molecule has 9 nitrogen and oxygen atoms in total. The predicted octanol–water partition coefficient (Wildman–Crippen LogP) is 4.52. The van der Waals surface area contributed by atoms with E-state index in [1.807, 2.05) is 36.4 Å². The lowest BCUT2D eigenvalue weighted by Gasteiger charge is -2.20. The first-order chi connectivity index (χ1) is 17.0. The van der Waals surface area contributed by atoms with Crippen molar-refractivity contribution < 1.29 is 0 Å². The lowest BCUT2D eigenvalue weighted by molar-refractivity contribution is 0.852. The number of fused-ring (bicyclic) bond motifs is 1. The van der Waals surface area contributed by atoms with Crippen molar-refractivity contribution >= 4 is 39.6 Å². The van der Waals surface area contributed by atoms with Crippen molar-refractivity contribution in [1.82, 2.24) is 25.0 Å². The summed E-state index contributed by atoms with van der Waals surface area (Å²) in [6.45, 7) is 0. The van der Waals surface area contributed by atoms with Gasteiger partial charge in [-0.3, -0.25) is 9.78 Å². The van der Waals surface area contributed by atoms with E-state index in [1.165, 1.54) is 16.8 Å². The highest BCUT2D eigenvalue weighted by atomic mass is 35.5. The van der Waals surface area contributed by atoms with Gasteiger partial charge in [-0.15, -0.1) is 0 Å². The van der Waals surface area contributed by atoms with E-state index in [9.17, 15) is 10.1 Å². The van der Waals surface area contributed by atoms with E-state index in [0.717, 1.165) is 5.56 Å². The van der Waals surface area contributed by atoms with Crippen LogP contribution in [0.2, 0.25) is 5.02 Å². The largest absolute Gasteiger partial charge is 0.373 e. The number of aromatic amines is 1. The third-order valence-corrected chi connectivity index (χ3v) is 5.86. The van der Waals surface area contributed by atoms with Gasteiger partial charge in [-0.05, 0) is 23.8 Å². The maximum atomic E-state index is 11.8. The number of rotatable bonds is 6. The van der Waals surface area contributed by atoms with Crippen molar-refractivity contribution in [2.45, 2.75) is 6.04 Å². The molecule has 0 unspecified atom stereocenters. The van der Waals surface area contributed by atoms with Crippen molar-refractivity contribution in [2.75, 3.05) is 10.6 Å². The van der Waals surface area contributed by atoms with Crippen molar-refractivity contribution in [1.29, 1.82) is 5.26 Å². The molecule has 0 saturated carbocycles. The third-order valence-electron chi connectivity index (χ3n) is 5.57. The molecule has 35 heavy (non-hydrogen) atoms. The van der Waals surface area contributed by atoms with Crippen LogP contribution in [-0.2, 0) is 7.05 Å². The number of aromatic nitrogens is 5. The molecular formula is C25H19ClN8O. The molecule has 1 atom stereocenters. The number of benzene rings is 2. The van der Waals surface area contributed by atoms with Crippen molar-refractivity contribution in [2.24, 2.45) is 7.05 Å². The zero-order valence-electron chi connectivity index (χ0n) is 18.5. The molecule has 5 rings (SSSR count). The Morgan fingerprint density at radius 3 is 2.66 bits per heavy atom. The number of hydrogen-bond donors (Lipinski definition) is 3. The molecule has 5 aromatic rings.